The molecule has 0 aromatic heterocycles. The van der Waals surface area contributed by atoms with Gasteiger partial charge in [0.2, 0.25) is 0 Å². The summed E-state index contributed by atoms with van der Waals surface area (Å²) in [6.07, 6.45) is -0.252. The van der Waals surface area contributed by atoms with E-state index in [1.165, 1.54) is 13.2 Å². The van der Waals surface area contributed by atoms with E-state index < -0.39 is 5.82 Å². The number of hydrogen-bond acceptors (Lipinski definition) is 3. The average molecular weight is 308 g/mol. The number of nitrogens with one attached hydrogen (secondary N) is 1. The van der Waals surface area contributed by atoms with Crippen LogP contribution < -0.4 is 14.8 Å². The fourth-order valence-electron chi connectivity index (χ4n) is 2.47. The average Bonchev–Trinajstić information content (AvgIpc) is 2.46. The smallest absolute Gasteiger partial charge is 0.165 e. The van der Waals surface area contributed by atoms with E-state index in [4.69, 9.17) is 21.1 Å². The Hall–Kier alpha value is -1.94. The Kier molecular flexibility index (Phi) is 3.64. The summed E-state index contributed by atoms with van der Waals surface area (Å²) in [7, 11) is 1.44. The van der Waals surface area contributed by atoms with Crippen molar-refractivity contribution in [2.75, 3.05) is 19.0 Å². The molecular formula is C16H15ClFNO2. The minimum Gasteiger partial charge on any atom is -0.494 e. The molecule has 1 heterocycles. The molecule has 3 nitrogen and oxygen atoms in total. The summed E-state index contributed by atoms with van der Waals surface area (Å²) in [4.78, 5) is 0. The molecule has 1 aliphatic rings. The molecule has 0 saturated carbocycles. The molecular weight excluding hydrogens is 293 g/mol. The van der Waals surface area contributed by atoms with E-state index in [9.17, 15) is 4.39 Å². The lowest BCUT2D eigenvalue weighted by Gasteiger charge is -2.29. The van der Waals surface area contributed by atoms with E-state index in [1.54, 1.807) is 6.07 Å². The number of rotatable bonds is 2. The molecule has 21 heavy (non-hydrogen) atoms. The summed E-state index contributed by atoms with van der Waals surface area (Å²) in [5.41, 5.74) is 2.58. The fourth-order valence-corrected chi connectivity index (χ4v) is 2.75. The van der Waals surface area contributed by atoms with Gasteiger partial charge in [-0.1, -0.05) is 17.7 Å². The second-order valence-electron chi connectivity index (χ2n) is 4.98. The summed E-state index contributed by atoms with van der Waals surface area (Å²) >= 11 is 6.03. The highest BCUT2D eigenvalue weighted by atomic mass is 35.5. The minimum atomic E-state index is -0.391. The number of anilines is 1. The molecule has 2 aromatic carbocycles. The van der Waals surface area contributed by atoms with Gasteiger partial charge in [-0.3, -0.25) is 0 Å². The highest BCUT2D eigenvalue weighted by Crippen LogP contribution is 2.39. The van der Waals surface area contributed by atoms with Crippen LogP contribution in [-0.4, -0.2) is 13.7 Å². The van der Waals surface area contributed by atoms with Crippen LogP contribution in [-0.2, 0) is 0 Å². The van der Waals surface area contributed by atoms with Crippen molar-refractivity contribution in [3.8, 4) is 11.5 Å². The number of ether oxygens (including phenoxy) is 2. The van der Waals surface area contributed by atoms with Gasteiger partial charge >= 0.3 is 0 Å². The maximum Gasteiger partial charge on any atom is 0.165 e. The quantitative estimate of drug-likeness (QED) is 0.895. The summed E-state index contributed by atoms with van der Waals surface area (Å²) in [6, 6.07) is 8.54. The van der Waals surface area contributed by atoms with Gasteiger partial charge in [-0.2, -0.15) is 0 Å². The summed E-state index contributed by atoms with van der Waals surface area (Å²) < 4.78 is 24.7. The molecule has 1 atom stereocenters. The summed E-state index contributed by atoms with van der Waals surface area (Å²) in [5, 5.41) is 3.94. The first kappa shape index (κ1) is 14.0. The second-order valence-corrected chi connectivity index (χ2v) is 5.42. The molecule has 5 heteroatoms. The zero-order valence-corrected chi connectivity index (χ0v) is 12.5. The number of hydrogen-bond donors (Lipinski definition) is 1. The number of fused-ring (bicyclic) bond motifs is 1. The standard InChI is InChI=1S/C16H15ClFNO2/c1-9-5-11(17)7-13-16(9)21-15(8-19-13)10-3-4-14(20-2)12(18)6-10/h3-7,15,19H,8H2,1-2H3. The molecule has 0 bridgehead atoms. The molecule has 0 fully saturated rings. The van der Waals surface area contributed by atoms with Crippen molar-refractivity contribution in [3.05, 3.63) is 52.3 Å². The van der Waals surface area contributed by atoms with Crippen molar-refractivity contribution in [2.45, 2.75) is 13.0 Å². The molecule has 0 amide bonds. The van der Waals surface area contributed by atoms with E-state index in [1.807, 2.05) is 25.1 Å². The minimum absolute atomic E-state index is 0.228. The van der Waals surface area contributed by atoms with Crippen LogP contribution in [0.3, 0.4) is 0 Å². The molecule has 2 aromatic rings. The van der Waals surface area contributed by atoms with Crippen molar-refractivity contribution in [1.82, 2.24) is 0 Å². The molecule has 1 unspecified atom stereocenters. The third-order valence-electron chi connectivity index (χ3n) is 3.53. The van der Waals surface area contributed by atoms with Gasteiger partial charge in [0.1, 0.15) is 11.9 Å². The van der Waals surface area contributed by atoms with Gasteiger partial charge in [0, 0.05) is 5.02 Å². The first-order chi connectivity index (χ1) is 10.1. The zero-order chi connectivity index (χ0) is 15.0. The first-order valence-electron chi connectivity index (χ1n) is 6.62. The zero-order valence-electron chi connectivity index (χ0n) is 11.7. The second kappa shape index (κ2) is 5.45. The highest BCUT2D eigenvalue weighted by Gasteiger charge is 2.23. The monoisotopic (exact) mass is 307 g/mol. The van der Waals surface area contributed by atoms with E-state index in [0.29, 0.717) is 11.6 Å². The van der Waals surface area contributed by atoms with E-state index >= 15 is 0 Å². The van der Waals surface area contributed by atoms with Gasteiger partial charge in [-0.15, -0.1) is 0 Å². The molecule has 0 spiro atoms. The molecule has 3 rings (SSSR count). The topological polar surface area (TPSA) is 30.5 Å². The predicted molar refractivity (Wildman–Crippen MR) is 81.0 cm³/mol. The first-order valence-corrected chi connectivity index (χ1v) is 7.00. The van der Waals surface area contributed by atoms with Gasteiger partial charge in [-0.05, 0) is 42.3 Å². The van der Waals surface area contributed by atoms with Crippen LogP contribution in [0.4, 0.5) is 10.1 Å². The maximum atomic E-state index is 13.8. The molecule has 110 valence electrons. The SMILES string of the molecule is COc1ccc(C2CNc3cc(Cl)cc(C)c3O2)cc1F. The van der Waals surface area contributed by atoms with Crippen LogP contribution in [0.25, 0.3) is 0 Å². The number of methoxy groups -OCH3 is 1. The Morgan fingerprint density at radius 2 is 2.14 bits per heavy atom. The van der Waals surface area contributed by atoms with Crippen LogP contribution in [0.15, 0.2) is 30.3 Å². The maximum absolute atomic E-state index is 13.8. The van der Waals surface area contributed by atoms with Crippen LogP contribution in [0.2, 0.25) is 5.02 Å². The largest absolute Gasteiger partial charge is 0.494 e. The number of halogens is 2. The van der Waals surface area contributed by atoms with Crippen molar-refractivity contribution in [2.24, 2.45) is 0 Å². The summed E-state index contributed by atoms with van der Waals surface area (Å²) in [6.45, 7) is 2.49. The molecule has 0 radical (unpaired) electrons. The number of benzene rings is 2. The van der Waals surface area contributed by atoms with Gasteiger partial charge < -0.3 is 14.8 Å². The van der Waals surface area contributed by atoms with Crippen LogP contribution >= 0.6 is 11.6 Å². The van der Waals surface area contributed by atoms with Crippen LogP contribution in [0.1, 0.15) is 17.2 Å². The normalized spacial score (nSPS) is 16.7. The lowest BCUT2D eigenvalue weighted by Crippen LogP contribution is -2.24. The van der Waals surface area contributed by atoms with E-state index in [-0.39, 0.29) is 11.9 Å². The summed E-state index contributed by atoms with van der Waals surface area (Å²) in [5.74, 6) is 0.593. The van der Waals surface area contributed by atoms with Gasteiger partial charge in [0.05, 0.1) is 19.3 Å². The van der Waals surface area contributed by atoms with Crippen LogP contribution in [0.5, 0.6) is 11.5 Å². The number of aryl methyl sites for hydroxylation is 1. The predicted octanol–water partition coefficient (Wildman–Crippen LogP) is 4.34. The van der Waals surface area contributed by atoms with E-state index in [0.717, 1.165) is 22.6 Å². The third-order valence-corrected chi connectivity index (χ3v) is 3.74. The third kappa shape index (κ3) is 2.63. The van der Waals surface area contributed by atoms with Crippen molar-refractivity contribution >= 4 is 17.3 Å². The molecule has 1 N–H and O–H groups in total. The molecule has 0 aliphatic carbocycles. The lowest BCUT2D eigenvalue weighted by molar-refractivity contribution is 0.208. The van der Waals surface area contributed by atoms with Crippen LogP contribution in [0, 0.1) is 12.7 Å². The highest BCUT2D eigenvalue weighted by molar-refractivity contribution is 6.31. The fraction of sp³-hybridized carbons (Fsp3) is 0.250. The van der Waals surface area contributed by atoms with Crippen molar-refractivity contribution in [3.63, 3.8) is 0 Å². The van der Waals surface area contributed by atoms with Gasteiger partial charge in [0.25, 0.3) is 0 Å². The van der Waals surface area contributed by atoms with Gasteiger partial charge in [-0.25, -0.2) is 4.39 Å². The Morgan fingerprint density at radius 3 is 2.86 bits per heavy atom. The van der Waals surface area contributed by atoms with Crippen molar-refractivity contribution < 1.29 is 13.9 Å². The Balaban J connectivity index is 1.91. The van der Waals surface area contributed by atoms with Gasteiger partial charge in [0.15, 0.2) is 11.6 Å². The Labute approximate surface area is 127 Å². The Bertz CT molecular complexity index is 690. The van der Waals surface area contributed by atoms with Crippen molar-refractivity contribution in [1.29, 1.82) is 0 Å². The Morgan fingerprint density at radius 1 is 1.33 bits per heavy atom. The lowest BCUT2D eigenvalue weighted by atomic mass is 10.1. The van der Waals surface area contributed by atoms with E-state index in [2.05, 4.69) is 5.32 Å². The molecule has 1 aliphatic heterocycles. The molecule has 0 saturated heterocycles.